The van der Waals surface area contributed by atoms with Crippen molar-refractivity contribution in [3.63, 3.8) is 0 Å². The number of rotatable bonds is 5. The zero-order valence-electron chi connectivity index (χ0n) is 10.9. The average molecular weight is 265 g/mol. The molecule has 0 aromatic carbocycles. The van der Waals surface area contributed by atoms with Crippen molar-refractivity contribution >= 4 is 11.6 Å². The van der Waals surface area contributed by atoms with E-state index >= 15 is 0 Å². The van der Waals surface area contributed by atoms with Gasteiger partial charge in [-0.25, -0.2) is 14.2 Å². The third-order valence-electron chi connectivity index (χ3n) is 3.17. The predicted molar refractivity (Wildman–Crippen MR) is 68.7 cm³/mol. The van der Waals surface area contributed by atoms with Crippen molar-refractivity contribution in [2.24, 2.45) is 0 Å². The first-order valence-corrected chi connectivity index (χ1v) is 6.19. The van der Waals surface area contributed by atoms with Gasteiger partial charge in [0.1, 0.15) is 0 Å². The van der Waals surface area contributed by atoms with Gasteiger partial charge in [0.15, 0.2) is 17.2 Å². The third-order valence-corrected chi connectivity index (χ3v) is 3.17. The standard InChI is InChI=1S/C13H16FN3O2/c1-3-16(4-2)8-10-11(13(18)19)15-12-9(14)6-5-7-17(10)12/h5-7H,3-4,8H2,1-2H3,(H,18,19). The highest BCUT2D eigenvalue weighted by molar-refractivity contribution is 5.88. The van der Waals surface area contributed by atoms with Crippen LogP contribution in [0.5, 0.6) is 0 Å². The van der Waals surface area contributed by atoms with Crippen LogP contribution in [0, 0.1) is 5.82 Å². The number of hydrogen-bond donors (Lipinski definition) is 1. The van der Waals surface area contributed by atoms with E-state index in [0.29, 0.717) is 12.2 Å². The molecule has 0 aliphatic heterocycles. The van der Waals surface area contributed by atoms with E-state index in [2.05, 4.69) is 9.88 Å². The van der Waals surface area contributed by atoms with E-state index in [1.807, 2.05) is 13.8 Å². The molecule has 0 unspecified atom stereocenters. The van der Waals surface area contributed by atoms with Crippen LogP contribution in [0.15, 0.2) is 18.3 Å². The summed E-state index contributed by atoms with van der Waals surface area (Å²) in [5.74, 6) is -1.65. The molecule has 2 heterocycles. The number of pyridine rings is 1. The molecular formula is C13H16FN3O2. The molecule has 2 rings (SSSR count). The molecule has 6 heteroatoms. The Kier molecular flexibility index (Phi) is 3.80. The monoisotopic (exact) mass is 265 g/mol. The summed E-state index contributed by atoms with van der Waals surface area (Å²) in [4.78, 5) is 17.2. The highest BCUT2D eigenvalue weighted by Crippen LogP contribution is 2.17. The molecule has 0 radical (unpaired) electrons. The summed E-state index contributed by atoms with van der Waals surface area (Å²) < 4.78 is 15.2. The molecule has 0 aliphatic rings. The minimum atomic E-state index is -1.13. The average Bonchev–Trinajstić information content (AvgIpc) is 2.76. The van der Waals surface area contributed by atoms with Crippen LogP contribution in [0.3, 0.4) is 0 Å². The van der Waals surface area contributed by atoms with E-state index in [-0.39, 0.29) is 11.3 Å². The summed E-state index contributed by atoms with van der Waals surface area (Å²) in [6.45, 7) is 6.00. The number of imidazole rings is 1. The van der Waals surface area contributed by atoms with E-state index < -0.39 is 11.8 Å². The number of carboxylic acid groups (broad SMARTS) is 1. The molecule has 1 N–H and O–H groups in total. The number of fused-ring (bicyclic) bond motifs is 1. The van der Waals surface area contributed by atoms with Crippen LogP contribution >= 0.6 is 0 Å². The first-order valence-electron chi connectivity index (χ1n) is 6.19. The fraction of sp³-hybridized carbons (Fsp3) is 0.385. The number of carboxylic acids is 1. The Morgan fingerprint density at radius 3 is 2.74 bits per heavy atom. The van der Waals surface area contributed by atoms with E-state index in [4.69, 9.17) is 0 Å². The molecule has 0 saturated heterocycles. The van der Waals surface area contributed by atoms with Crippen LogP contribution in [-0.4, -0.2) is 38.4 Å². The molecule has 2 aromatic heterocycles. The first-order chi connectivity index (χ1) is 9.08. The number of nitrogens with zero attached hydrogens (tertiary/aromatic N) is 3. The van der Waals surface area contributed by atoms with Crippen LogP contribution < -0.4 is 0 Å². The van der Waals surface area contributed by atoms with Crippen molar-refractivity contribution < 1.29 is 14.3 Å². The topological polar surface area (TPSA) is 57.8 Å². The summed E-state index contributed by atoms with van der Waals surface area (Å²) >= 11 is 0. The van der Waals surface area contributed by atoms with Crippen molar-refractivity contribution in [1.29, 1.82) is 0 Å². The summed E-state index contributed by atoms with van der Waals surface area (Å²) in [6, 6.07) is 2.82. The molecule has 0 atom stereocenters. The molecule has 0 fully saturated rings. The second-order valence-electron chi connectivity index (χ2n) is 4.22. The van der Waals surface area contributed by atoms with Gasteiger partial charge in [-0.3, -0.25) is 9.30 Å². The Morgan fingerprint density at radius 1 is 1.47 bits per heavy atom. The van der Waals surface area contributed by atoms with Gasteiger partial charge < -0.3 is 5.11 Å². The highest BCUT2D eigenvalue weighted by atomic mass is 19.1. The largest absolute Gasteiger partial charge is 0.476 e. The minimum absolute atomic E-state index is 0.0575. The summed E-state index contributed by atoms with van der Waals surface area (Å²) in [5, 5.41) is 9.20. The van der Waals surface area contributed by atoms with Crippen molar-refractivity contribution in [3.05, 3.63) is 35.5 Å². The zero-order chi connectivity index (χ0) is 14.0. The van der Waals surface area contributed by atoms with E-state index in [9.17, 15) is 14.3 Å². The Bertz CT molecular complexity index is 605. The highest BCUT2D eigenvalue weighted by Gasteiger charge is 2.21. The summed E-state index contributed by atoms with van der Waals surface area (Å²) in [6.07, 6.45) is 1.64. The van der Waals surface area contributed by atoms with Crippen molar-refractivity contribution in [2.75, 3.05) is 13.1 Å². The molecule has 0 aliphatic carbocycles. The van der Waals surface area contributed by atoms with Gasteiger partial charge in [-0.05, 0) is 25.2 Å². The Morgan fingerprint density at radius 2 is 2.16 bits per heavy atom. The molecule has 0 amide bonds. The smallest absolute Gasteiger partial charge is 0.356 e. The molecule has 102 valence electrons. The molecule has 5 nitrogen and oxygen atoms in total. The van der Waals surface area contributed by atoms with Gasteiger partial charge in [0.05, 0.1) is 5.69 Å². The Balaban J connectivity index is 2.58. The molecule has 19 heavy (non-hydrogen) atoms. The SMILES string of the molecule is CCN(CC)Cc1c(C(=O)O)nc2c(F)cccn12. The lowest BCUT2D eigenvalue weighted by molar-refractivity contribution is 0.0688. The zero-order valence-corrected chi connectivity index (χ0v) is 10.9. The molecule has 0 bridgehead atoms. The quantitative estimate of drug-likeness (QED) is 0.898. The third kappa shape index (κ3) is 2.44. The van der Waals surface area contributed by atoms with Gasteiger partial charge >= 0.3 is 5.97 Å². The Labute approximate surface area is 110 Å². The fourth-order valence-corrected chi connectivity index (χ4v) is 2.06. The summed E-state index contributed by atoms with van der Waals surface area (Å²) in [5.41, 5.74) is 0.477. The molecular weight excluding hydrogens is 249 g/mol. The second kappa shape index (κ2) is 5.36. The van der Waals surface area contributed by atoms with Crippen molar-refractivity contribution in [3.8, 4) is 0 Å². The van der Waals surface area contributed by atoms with Crippen molar-refractivity contribution in [2.45, 2.75) is 20.4 Å². The van der Waals surface area contributed by atoms with Crippen LogP contribution in [0.4, 0.5) is 4.39 Å². The van der Waals surface area contributed by atoms with Crippen molar-refractivity contribution in [1.82, 2.24) is 14.3 Å². The molecule has 0 saturated carbocycles. The maximum absolute atomic E-state index is 13.7. The first kappa shape index (κ1) is 13.5. The number of aromatic carboxylic acids is 1. The summed E-state index contributed by atoms with van der Waals surface area (Å²) in [7, 11) is 0. The molecule has 2 aromatic rings. The normalized spacial score (nSPS) is 11.4. The lowest BCUT2D eigenvalue weighted by Crippen LogP contribution is -2.24. The number of hydrogen-bond acceptors (Lipinski definition) is 3. The van der Waals surface area contributed by atoms with Crippen LogP contribution in [0.1, 0.15) is 30.0 Å². The van der Waals surface area contributed by atoms with E-state index in [1.54, 1.807) is 12.3 Å². The maximum Gasteiger partial charge on any atom is 0.356 e. The van der Waals surface area contributed by atoms with Gasteiger partial charge in [0, 0.05) is 12.7 Å². The Hall–Kier alpha value is -1.95. The van der Waals surface area contributed by atoms with Crippen LogP contribution in [-0.2, 0) is 6.54 Å². The second-order valence-corrected chi connectivity index (χ2v) is 4.22. The predicted octanol–water partition coefficient (Wildman–Crippen LogP) is 2.01. The minimum Gasteiger partial charge on any atom is -0.476 e. The van der Waals surface area contributed by atoms with E-state index in [1.165, 1.54) is 10.5 Å². The number of halogens is 1. The van der Waals surface area contributed by atoms with Crippen LogP contribution in [0.25, 0.3) is 5.65 Å². The lowest BCUT2D eigenvalue weighted by atomic mass is 10.3. The van der Waals surface area contributed by atoms with Crippen LogP contribution in [0.2, 0.25) is 0 Å². The van der Waals surface area contributed by atoms with Gasteiger partial charge in [-0.15, -0.1) is 0 Å². The molecule has 0 spiro atoms. The van der Waals surface area contributed by atoms with Gasteiger partial charge in [0.2, 0.25) is 0 Å². The lowest BCUT2D eigenvalue weighted by Gasteiger charge is -2.17. The fourth-order valence-electron chi connectivity index (χ4n) is 2.06. The maximum atomic E-state index is 13.7. The van der Waals surface area contributed by atoms with Gasteiger partial charge in [-0.2, -0.15) is 0 Å². The van der Waals surface area contributed by atoms with Gasteiger partial charge in [-0.1, -0.05) is 13.8 Å². The number of aromatic nitrogens is 2. The van der Waals surface area contributed by atoms with E-state index in [0.717, 1.165) is 13.1 Å². The number of carbonyl (C=O) groups is 1. The van der Waals surface area contributed by atoms with Gasteiger partial charge in [0.25, 0.3) is 0 Å².